The molecule has 0 aromatic heterocycles. The maximum absolute atomic E-state index is 13.4. The van der Waals surface area contributed by atoms with Crippen LogP contribution in [-0.4, -0.2) is 36.2 Å². The van der Waals surface area contributed by atoms with Crippen LogP contribution in [0.1, 0.15) is 40.2 Å². The lowest BCUT2D eigenvalue weighted by atomic mass is 9.91. The van der Waals surface area contributed by atoms with E-state index in [-0.39, 0.29) is 11.9 Å². The lowest BCUT2D eigenvalue weighted by molar-refractivity contribution is -0.130. The van der Waals surface area contributed by atoms with Gasteiger partial charge in [0.15, 0.2) is 8.24 Å². The van der Waals surface area contributed by atoms with Gasteiger partial charge in [0.1, 0.15) is 5.54 Å². The summed E-state index contributed by atoms with van der Waals surface area (Å²) in [7, 11) is -2.10. The molecule has 1 aliphatic rings. The van der Waals surface area contributed by atoms with Crippen LogP contribution in [0.2, 0.25) is 18.1 Å². The quantitative estimate of drug-likeness (QED) is 0.579. The van der Waals surface area contributed by atoms with Crippen LogP contribution < -0.4 is 0 Å². The molecule has 0 N–H and O–H groups in total. The van der Waals surface area contributed by atoms with Crippen molar-refractivity contribution in [2.45, 2.75) is 58.3 Å². The number of urea groups is 1. The van der Waals surface area contributed by atoms with Gasteiger partial charge in [-0.2, -0.15) is 0 Å². The average Bonchev–Trinajstić information content (AvgIpc) is 2.79. The Morgan fingerprint density at radius 2 is 1.48 bits per heavy atom. The molecule has 2 rings (SSSR count). The van der Waals surface area contributed by atoms with Crippen LogP contribution in [0.15, 0.2) is 30.3 Å². The van der Waals surface area contributed by atoms with Gasteiger partial charge in [-0.3, -0.25) is 9.36 Å². The molecule has 1 atom stereocenters. The highest BCUT2D eigenvalue weighted by Crippen LogP contribution is 2.41. The number of carbonyl (C=O) groups is 2. The standard InChI is InChI=1S/C18H28N2O2Si/c1-6-19-17(22)20(23(7-2,8-3)9-4)16(21)18(19,5)15-13-11-10-12-14-15/h10-14H,6-9H2,1-5H3. The second-order valence-corrected chi connectivity index (χ2v) is 11.4. The molecule has 1 fully saturated rings. The van der Waals surface area contributed by atoms with Crippen LogP contribution in [0.5, 0.6) is 0 Å². The average molecular weight is 333 g/mol. The van der Waals surface area contributed by atoms with E-state index < -0.39 is 13.8 Å². The van der Waals surface area contributed by atoms with E-state index in [1.165, 1.54) is 0 Å². The van der Waals surface area contributed by atoms with Crippen LogP contribution >= 0.6 is 0 Å². The van der Waals surface area contributed by atoms with Gasteiger partial charge in [0.25, 0.3) is 5.91 Å². The first-order chi connectivity index (χ1) is 10.9. The number of nitrogens with zero attached hydrogens (tertiary/aromatic N) is 2. The largest absolute Gasteiger partial charge is 0.319 e. The molecule has 5 heteroatoms. The highest BCUT2D eigenvalue weighted by Gasteiger charge is 2.59. The van der Waals surface area contributed by atoms with E-state index in [2.05, 4.69) is 20.8 Å². The fraction of sp³-hybridized carbons (Fsp3) is 0.556. The molecule has 1 saturated heterocycles. The van der Waals surface area contributed by atoms with Crippen molar-refractivity contribution >= 4 is 20.2 Å². The molecule has 4 nitrogen and oxygen atoms in total. The van der Waals surface area contributed by atoms with Gasteiger partial charge in [-0.05, 0) is 37.5 Å². The van der Waals surface area contributed by atoms with Crippen LogP contribution in [0, 0.1) is 0 Å². The predicted molar refractivity (Wildman–Crippen MR) is 95.6 cm³/mol. The van der Waals surface area contributed by atoms with E-state index in [0.29, 0.717) is 6.54 Å². The van der Waals surface area contributed by atoms with Gasteiger partial charge in [-0.1, -0.05) is 51.1 Å². The first kappa shape index (κ1) is 17.7. The summed E-state index contributed by atoms with van der Waals surface area (Å²) in [5.41, 5.74) is 0.0131. The first-order valence-corrected chi connectivity index (χ1v) is 11.2. The molecular weight excluding hydrogens is 304 g/mol. The lowest BCUT2D eigenvalue weighted by Crippen LogP contribution is -2.56. The van der Waals surface area contributed by atoms with Gasteiger partial charge in [0.05, 0.1) is 0 Å². The third-order valence-corrected chi connectivity index (χ3v) is 11.0. The molecule has 0 aliphatic carbocycles. The summed E-state index contributed by atoms with van der Waals surface area (Å²) in [5.74, 6) is -0.0345. The van der Waals surface area contributed by atoms with Crippen molar-refractivity contribution in [2.75, 3.05) is 6.54 Å². The SMILES string of the molecule is CCN1C(=O)N([Si](CC)(CC)CC)C(=O)C1(C)c1ccccc1. The Balaban J connectivity index is 2.60. The van der Waals surface area contributed by atoms with Gasteiger partial charge in [0, 0.05) is 6.54 Å². The highest BCUT2D eigenvalue weighted by atomic mass is 28.3. The summed E-state index contributed by atoms with van der Waals surface area (Å²) in [4.78, 5) is 28.3. The number of hydrogen-bond acceptors (Lipinski definition) is 2. The van der Waals surface area contributed by atoms with Crippen molar-refractivity contribution in [3.8, 4) is 0 Å². The zero-order valence-electron chi connectivity index (χ0n) is 14.9. The zero-order valence-corrected chi connectivity index (χ0v) is 15.9. The fourth-order valence-corrected chi connectivity index (χ4v) is 7.49. The second kappa shape index (κ2) is 6.47. The number of benzene rings is 1. The van der Waals surface area contributed by atoms with Gasteiger partial charge < -0.3 is 4.90 Å². The lowest BCUT2D eigenvalue weighted by Gasteiger charge is -2.36. The maximum Gasteiger partial charge on any atom is 0.319 e. The highest BCUT2D eigenvalue weighted by molar-refractivity contribution is 6.81. The predicted octanol–water partition coefficient (Wildman–Crippen LogP) is 4.19. The van der Waals surface area contributed by atoms with Crippen molar-refractivity contribution in [2.24, 2.45) is 0 Å². The van der Waals surface area contributed by atoms with E-state index in [0.717, 1.165) is 23.7 Å². The van der Waals surface area contributed by atoms with Crippen molar-refractivity contribution in [1.29, 1.82) is 0 Å². The summed E-state index contributed by atoms with van der Waals surface area (Å²) >= 11 is 0. The Morgan fingerprint density at radius 3 is 1.91 bits per heavy atom. The number of hydrogen-bond donors (Lipinski definition) is 0. The minimum atomic E-state index is -2.10. The molecule has 0 bridgehead atoms. The van der Waals surface area contributed by atoms with Crippen LogP contribution in [-0.2, 0) is 10.3 Å². The van der Waals surface area contributed by atoms with Crippen molar-refractivity contribution in [1.82, 2.24) is 9.47 Å². The molecule has 1 aromatic rings. The molecule has 23 heavy (non-hydrogen) atoms. The molecule has 0 spiro atoms. The Kier molecular flexibility index (Phi) is 4.99. The Labute approximate surface area is 140 Å². The number of imide groups is 1. The molecule has 0 radical (unpaired) electrons. The number of rotatable bonds is 6. The second-order valence-electron chi connectivity index (χ2n) is 6.39. The first-order valence-electron chi connectivity index (χ1n) is 8.64. The summed E-state index contributed by atoms with van der Waals surface area (Å²) in [6.07, 6.45) is 0. The molecule has 0 saturated carbocycles. The van der Waals surface area contributed by atoms with E-state index in [1.54, 1.807) is 9.47 Å². The molecule has 1 unspecified atom stereocenters. The van der Waals surface area contributed by atoms with Crippen LogP contribution in [0.3, 0.4) is 0 Å². The summed E-state index contributed by atoms with van der Waals surface area (Å²) in [6.45, 7) is 10.7. The maximum atomic E-state index is 13.4. The minimum Gasteiger partial charge on any atom is -0.307 e. The molecule has 1 heterocycles. The molecule has 1 aliphatic heterocycles. The van der Waals surface area contributed by atoms with E-state index in [9.17, 15) is 9.59 Å². The van der Waals surface area contributed by atoms with Crippen molar-refractivity contribution in [3.05, 3.63) is 35.9 Å². The van der Waals surface area contributed by atoms with E-state index in [1.807, 2.05) is 44.2 Å². The summed E-state index contributed by atoms with van der Waals surface area (Å²) in [6, 6.07) is 12.3. The fourth-order valence-electron chi connectivity index (χ4n) is 3.87. The van der Waals surface area contributed by atoms with Crippen LogP contribution in [0.4, 0.5) is 4.79 Å². The topological polar surface area (TPSA) is 40.6 Å². The summed E-state index contributed by atoms with van der Waals surface area (Å²) in [5, 5.41) is 0. The molecule has 3 amide bonds. The normalized spacial score (nSPS) is 22.1. The van der Waals surface area contributed by atoms with E-state index >= 15 is 0 Å². The third kappa shape index (κ3) is 2.42. The molecule has 126 valence electrons. The number of likely N-dealkylation sites (N-methyl/N-ethyl adjacent to an activating group) is 1. The molecular formula is C18H28N2O2Si. The minimum absolute atomic E-state index is 0.0345. The summed E-state index contributed by atoms with van der Waals surface area (Å²) < 4.78 is 1.68. The van der Waals surface area contributed by atoms with Gasteiger partial charge in [0.2, 0.25) is 0 Å². The van der Waals surface area contributed by atoms with Crippen molar-refractivity contribution in [3.63, 3.8) is 0 Å². The monoisotopic (exact) mass is 332 g/mol. The zero-order chi connectivity index (χ0) is 17.3. The Morgan fingerprint density at radius 1 is 0.957 bits per heavy atom. The number of amides is 3. The number of carbonyl (C=O) groups excluding carboxylic acids is 2. The van der Waals surface area contributed by atoms with Gasteiger partial charge in [-0.25, -0.2) is 4.79 Å². The molecule has 1 aromatic carbocycles. The third-order valence-electron chi connectivity index (χ3n) is 5.68. The van der Waals surface area contributed by atoms with E-state index in [4.69, 9.17) is 0 Å². The smallest absolute Gasteiger partial charge is 0.307 e. The van der Waals surface area contributed by atoms with Crippen molar-refractivity contribution < 1.29 is 9.59 Å². The Bertz CT molecular complexity index is 578. The van der Waals surface area contributed by atoms with Gasteiger partial charge in [-0.15, -0.1) is 0 Å². The Hall–Kier alpha value is -1.62. The van der Waals surface area contributed by atoms with Gasteiger partial charge >= 0.3 is 6.03 Å². The van der Waals surface area contributed by atoms with Crippen LogP contribution in [0.25, 0.3) is 0 Å².